The van der Waals surface area contributed by atoms with Crippen LogP contribution in [0.25, 0.3) is 0 Å². The summed E-state index contributed by atoms with van der Waals surface area (Å²) in [6, 6.07) is 0. The van der Waals surface area contributed by atoms with Crippen molar-refractivity contribution in [1.29, 1.82) is 0 Å². The van der Waals surface area contributed by atoms with Gasteiger partial charge in [-0.25, -0.2) is 0 Å². The van der Waals surface area contributed by atoms with Crippen LogP contribution in [0.5, 0.6) is 0 Å². The van der Waals surface area contributed by atoms with Crippen LogP contribution in [0.2, 0.25) is 0 Å². The Hall–Kier alpha value is -0.120. The van der Waals surface area contributed by atoms with Gasteiger partial charge >= 0.3 is 0 Å². The van der Waals surface area contributed by atoms with Crippen molar-refractivity contribution < 1.29 is 4.74 Å². The Morgan fingerprint density at radius 2 is 1.82 bits per heavy atom. The lowest BCUT2D eigenvalue weighted by molar-refractivity contribution is 0.119. The molecular formula is C8H18N2O. The van der Waals surface area contributed by atoms with Gasteiger partial charge in [0.05, 0.1) is 6.10 Å². The molecule has 2 N–H and O–H groups in total. The summed E-state index contributed by atoms with van der Waals surface area (Å²) in [4.78, 5) is 0. The zero-order chi connectivity index (χ0) is 7.94. The fraction of sp³-hybridized carbons (Fsp3) is 1.00. The highest BCUT2D eigenvalue weighted by atomic mass is 16.5. The van der Waals surface area contributed by atoms with Crippen molar-refractivity contribution in [2.24, 2.45) is 0 Å². The molecule has 0 spiro atoms. The lowest BCUT2D eigenvalue weighted by Gasteiger charge is -2.09. The molecule has 2 saturated heterocycles. The van der Waals surface area contributed by atoms with Crippen LogP contribution in [0, 0.1) is 0 Å². The van der Waals surface area contributed by atoms with Crippen LogP contribution >= 0.6 is 0 Å². The molecule has 2 aliphatic rings. The Labute approximate surface area is 68.5 Å². The van der Waals surface area contributed by atoms with Crippen molar-refractivity contribution in [2.45, 2.75) is 18.9 Å². The van der Waals surface area contributed by atoms with Gasteiger partial charge in [0.1, 0.15) is 0 Å². The van der Waals surface area contributed by atoms with E-state index in [0.717, 1.165) is 13.1 Å². The number of ether oxygens (including phenoxy) is 1. The van der Waals surface area contributed by atoms with E-state index >= 15 is 0 Å². The van der Waals surface area contributed by atoms with Gasteiger partial charge in [0.2, 0.25) is 0 Å². The van der Waals surface area contributed by atoms with Crippen LogP contribution < -0.4 is 10.6 Å². The van der Waals surface area contributed by atoms with E-state index in [1.165, 1.54) is 25.9 Å². The third-order valence-electron chi connectivity index (χ3n) is 2.06. The van der Waals surface area contributed by atoms with Gasteiger partial charge in [-0.3, -0.25) is 0 Å². The third-order valence-corrected chi connectivity index (χ3v) is 2.06. The predicted octanol–water partition coefficient (Wildman–Crippen LogP) is -0.0256. The molecule has 0 aromatic rings. The first kappa shape index (κ1) is 8.97. The molecule has 0 amide bonds. The molecule has 0 aromatic heterocycles. The fourth-order valence-electron chi connectivity index (χ4n) is 1.01. The Kier molecular flexibility index (Phi) is 4.50. The highest BCUT2D eigenvalue weighted by Gasteiger charge is 2.11. The van der Waals surface area contributed by atoms with E-state index < -0.39 is 0 Å². The van der Waals surface area contributed by atoms with E-state index in [1.54, 1.807) is 7.11 Å². The average Bonchev–Trinajstić information content (AvgIpc) is 2.33. The van der Waals surface area contributed by atoms with Gasteiger partial charge in [0.15, 0.2) is 0 Å². The van der Waals surface area contributed by atoms with E-state index in [0.29, 0.717) is 6.10 Å². The highest BCUT2D eigenvalue weighted by molar-refractivity contribution is 4.69. The van der Waals surface area contributed by atoms with Crippen LogP contribution in [0.3, 0.4) is 0 Å². The maximum Gasteiger partial charge on any atom is 0.0707 e. The van der Waals surface area contributed by atoms with Gasteiger partial charge in [0, 0.05) is 13.7 Å². The predicted molar refractivity (Wildman–Crippen MR) is 45.8 cm³/mol. The second-order valence-corrected chi connectivity index (χ2v) is 2.95. The topological polar surface area (TPSA) is 33.3 Å². The second-order valence-electron chi connectivity index (χ2n) is 2.95. The van der Waals surface area contributed by atoms with Crippen LogP contribution in [-0.2, 0) is 4.74 Å². The van der Waals surface area contributed by atoms with Crippen LogP contribution in [0.4, 0.5) is 0 Å². The highest BCUT2D eigenvalue weighted by Crippen LogP contribution is 1.99. The standard InChI is InChI=1S/C5H11NO.C3H7N/c1-7-5-2-3-6-4-5;1-2-4-3-1/h5-6H,2-4H2,1H3;4H,1-3H2. The summed E-state index contributed by atoms with van der Waals surface area (Å²) in [6.45, 7) is 4.66. The van der Waals surface area contributed by atoms with E-state index in [1.807, 2.05) is 0 Å². The molecule has 0 bridgehead atoms. The Morgan fingerprint density at radius 3 is 2.00 bits per heavy atom. The van der Waals surface area contributed by atoms with Gasteiger partial charge in [0.25, 0.3) is 0 Å². The average molecular weight is 158 g/mol. The molecule has 1 unspecified atom stereocenters. The number of hydrogen-bond donors (Lipinski definition) is 2. The zero-order valence-electron chi connectivity index (χ0n) is 7.23. The van der Waals surface area contributed by atoms with Crippen LogP contribution in [0.15, 0.2) is 0 Å². The summed E-state index contributed by atoms with van der Waals surface area (Å²) in [7, 11) is 1.76. The molecule has 3 nitrogen and oxygen atoms in total. The van der Waals surface area contributed by atoms with E-state index in [9.17, 15) is 0 Å². The lowest BCUT2D eigenvalue weighted by atomic mass is 10.3. The maximum atomic E-state index is 5.05. The Balaban J connectivity index is 0.000000128. The summed E-state index contributed by atoms with van der Waals surface area (Å²) in [5.41, 5.74) is 0. The third kappa shape index (κ3) is 3.70. The van der Waals surface area contributed by atoms with Crippen molar-refractivity contribution in [3.8, 4) is 0 Å². The quantitative estimate of drug-likeness (QED) is 0.562. The van der Waals surface area contributed by atoms with E-state index in [2.05, 4.69) is 10.6 Å². The fourth-order valence-corrected chi connectivity index (χ4v) is 1.01. The van der Waals surface area contributed by atoms with Gasteiger partial charge in [-0.15, -0.1) is 0 Å². The molecule has 0 aromatic carbocycles. The zero-order valence-corrected chi connectivity index (χ0v) is 7.23. The molecule has 0 aliphatic carbocycles. The molecule has 2 heterocycles. The molecule has 2 aliphatic heterocycles. The van der Waals surface area contributed by atoms with Gasteiger partial charge < -0.3 is 15.4 Å². The van der Waals surface area contributed by atoms with Gasteiger partial charge in [-0.05, 0) is 32.5 Å². The summed E-state index contributed by atoms with van der Waals surface area (Å²) in [5.74, 6) is 0. The molecule has 0 saturated carbocycles. The molecular weight excluding hydrogens is 140 g/mol. The minimum Gasteiger partial charge on any atom is -0.380 e. The Bertz CT molecular complexity index is 84.1. The first-order valence-corrected chi connectivity index (χ1v) is 4.37. The molecule has 2 fully saturated rings. The molecule has 2 rings (SSSR count). The smallest absolute Gasteiger partial charge is 0.0707 e. The van der Waals surface area contributed by atoms with Crippen molar-refractivity contribution in [2.75, 3.05) is 33.3 Å². The summed E-state index contributed by atoms with van der Waals surface area (Å²) >= 11 is 0. The SMILES string of the molecule is C1CNC1.COC1CCNC1. The van der Waals surface area contributed by atoms with E-state index in [4.69, 9.17) is 4.74 Å². The lowest BCUT2D eigenvalue weighted by Crippen LogP contribution is -2.29. The Morgan fingerprint density at radius 1 is 1.18 bits per heavy atom. The van der Waals surface area contributed by atoms with Crippen molar-refractivity contribution in [3.05, 3.63) is 0 Å². The van der Waals surface area contributed by atoms with Crippen LogP contribution in [0.1, 0.15) is 12.8 Å². The van der Waals surface area contributed by atoms with Crippen LogP contribution in [-0.4, -0.2) is 39.4 Å². The van der Waals surface area contributed by atoms with Crippen molar-refractivity contribution in [1.82, 2.24) is 10.6 Å². The number of methoxy groups -OCH3 is 1. The summed E-state index contributed by atoms with van der Waals surface area (Å²) in [5, 5.41) is 6.31. The first-order chi connectivity index (χ1) is 5.43. The first-order valence-electron chi connectivity index (χ1n) is 4.37. The summed E-state index contributed by atoms with van der Waals surface area (Å²) in [6.07, 6.45) is 3.05. The van der Waals surface area contributed by atoms with Gasteiger partial charge in [-0.1, -0.05) is 0 Å². The molecule has 3 heteroatoms. The normalized spacial score (nSPS) is 28.6. The number of rotatable bonds is 1. The van der Waals surface area contributed by atoms with Crippen molar-refractivity contribution >= 4 is 0 Å². The molecule has 11 heavy (non-hydrogen) atoms. The molecule has 66 valence electrons. The van der Waals surface area contributed by atoms with Gasteiger partial charge in [-0.2, -0.15) is 0 Å². The summed E-state index contributed by atoms with van der Waals surface area (Å²) < 4.78 is 5.05. The molecule has 0 radical (unpaired) electrons. The number of hydrogen-bond acceptors (Lipinski definition) is 3. The number of nitrogens with one attached hydrogen (secondary N) is 2. The van der Waals surface area contributed by atoms with Crippen molar-refractivity contribution in [3.63, 3.8) is 0 Å². The largest absolute Gasteiger partial charge is 0.380 e. The maximum absolute atomic E-state index is 5.05. The monoisotopic (exact) mass is 158 g/mol. The molecule has 1 atom stereocenters. The minimum atomic E-state index is 0.486. The minimum absolute atomic E-state index is 0.486. The van der Waals surface area contributed by atoms with E-state index in [-0.39, 0.29) is 0 Å². The second kappa shape index (κ2) is 5.52.